The van der Waals surface area contributed by atoms with Crippen molar-refractivity contribution in [3.05, 3.63) is 18.0 Å². The van der Waals surface area contributed by atoms with E-state index in [9.17, 15) is 0 Å². The highest BCUT2D eigenvalue weighted by atomic mass is 127. The molecule has 1 fully saturated rings. The summed E-state index contributed by atoms with van der Waals surface area (Å²) in [6.07, 6.45) is 7.40. The molecule has 2 atom stereocenters. The lowest BCUT2D eigenvalue weighted by Crippen LogP contribution is -2.39. The molecule has 1 aromatic rings. The number of rotatable bonds is 5. The van der Waals surface area contributed by atoms with Gasteiger partial charge in [0.05, 0.1) is 6.20 Å². The standard InChI is InChI=1S/C13H23N5.HI/c1-10-7-12(10)17-13(14-2)15-6-4-5-11-8-16-18(3)9-11;/h8-10,12H,4-7H2,1-3H3,(H2,14,15,17);1H. The lowest BCUT2D eigenvalue weighted by molar-refractivity contribution is 0.725. The van der Waals surface area contributed by atoms with Crippen molar-refractivity contribution in [2.75, 3.05) is 13.6 Å². The molecule has 0 aliphatic heterocycles. The van der Waals surface area contributed by atoms with Crippen LogP contribution in [0.3, 0.4) is 0 Å². The van der Waals surface area contributed by atoms with Crippen molar-refractivity contribution in [2.24, 2.45) is 18.0 Å². The van der Waals surface area contributed by atoms with Crippen molar-refractivity contribution in [1.82, 2.24) is 20.4 Å². The molecule has 2 unspecified atom stereocenters. The normalized spacial score (nSPS) is 21.7. The molecule has 0 amide bonds. The fourth-order valence-electron chi connectivity index (χ4n) is 1.99. The van der Waals surface area contributed by atoms with Crippen LogP contribution in [0.25, 0.3) is 0 Å². The highest BCUT2D eigenvalue weighted by Crippen LogP contribution is 2.28. The number of nitrogens with one attached hydrogen (secondary N) is 2. The number of aliphatic imine (C=N–C) groups is 1. The molecule has 0 saturated heterocycles. The van der Waals surface area contributed by atoms with Crippen LogP contribution in [-0.4, -0.2) is 35.4 Å². The number of aryl methyl sites for hydroxylation is 2. The minimum Gasteiger partial charge on any atom is -0.356 e. The van der Waals surface area contributed by atoms with Crippen LogP contribution in [0, 0.1) is 5.92 Å². The molecule has 19 heavy (non-hydrogen) atoms. The monoisotopic (exact) mass is 377 g/mol. The maximum Gasteiger partial charge on any atom is 0.191 e. The Labute approximate surface area is 132 Å². The van der Waals surface area contributed by atoms with Gasteiger partial charge in [-0.05, 0) is 30.7 Å². The number of aromatic nitrogens is 2. The summed E-state index contributed by atoms with van der Waals surface area (Å²) in [7, 11) is 3.77. The summed E-state index contributed by atoms with van der Waals surface area (Å²) in [6.45, 7) is 3.20. The zero-order chi connectivity index (χ0) is 13.0. The van der Waals surface area contributed by atoms with Gasteiger partial charge in [0, 0.05) is 32.9 Å². The van der Waals surface area contributed by atoms with Crippen LogP contribution in [0.5, 0.6) is 0 Å². The second-order valence-corrected chi connectivity index (χ2v) is 5.09. The molecule has 108 valence electrons. The van der Waals surface area contributed by atoms with E-state index in [1.54, 1.807) is 0 Å². The second kappa shape index (κ2) is 7.72. The van der Waals surface area contributed by atoms with Gasteiger partial charge in [0.2, 0.25) is 0 Å². The lowest BCUT2D eigenvalue weighted by Gasteiger charge is -2.10. The highest BCUT2D eigenvalue weighted by Gasteiger charge is 2.32. The average molecular weight is 377 g/mol. The second-order valence-electron chi connectivity index (χ2n) is 5.09. The van der Waals surface area contributed by atoms with Gasteiger partial charge < -0.3 is 10.6 Å². The minimum absolute atomic E-state index is 0. The van der Waals surface area contributed by atoms with E-state index in [0.717, 1.165) is 31.3 Å². The molecular formula is C13H24IN5. The van der Waals surface area contributed by atoms with Crippen LogP contribution in [0.4, 0.5) is 0 Å². The number of nitrogens with zero attached hydrogens (tertiary/aromatic N) is 3. The summed E-state index contributed by atoms with van der Waals surface area (Å²) in [5.74, 6) is 1.72. The maximum atomic E-state index is 4.23. The fourth-order valence-corrected chi connectivity index (χ4v) is 1.99. The van der Waals surface area contributed by atoms with Crippen molar-refractivity contribution in [2.45, 2.75) is 32.2 Å². The molecule has 1 aromatic heterocycles. The van der Waals surface area contributed by atoms with Crippen LogP contribution in [0.15, 0.2) is 17.4 Å². The Balaban J connectivity index is 0.00000180. The first-order valence-electron chi connectivity index (χ1n) is 6.63. The van der Waals surface area contributed by atoms with E-state index in [-0.39, 0.29) is 24.0 Å². The summed E-state index contributed by atoms with van der Waals surface area (Å²) in [5.41, 5.74) is 1.29. The van der Waals surface area contributed by atoms with Gasteiger partial charge in [-0.15, -0.1) is 24.0 Å². The Hall–Kier alpha value is -0.790. The van der Waals surface area contributed by atoms with Gasteiger partial charge in [-0.25, -0.2) is 0 Å². The maximum absolute atomic E-state index is 4.23. The first-order chi connectivity index (χ1) is 8.69. The van der Waals surface area contributed by atoms with E-state index in [1.807, 2.05) is 25.0 Å². The fraction of sp³-hybridized carbons (Fsp3) is 0.692. The molecule has 6 heteroatoms. The first kappa shape index (κ1) is 16.3. The van der Waals surface area contributed by atoms with Gasteiger partial charge in [-0.3, -0.25) is 9.67 Å². The summed E-state index contributed by atoms with van der Waals surface area (Å²) < 4.78 is 1.84. The Kier molecular flexibility index (Phi) is 6.60. The quantitative estimate of drug-likeness (QED) is 0.354. The van der Waals surface area contributed by atoms with Crippen LogP contribution < -0.4 is 10.6 Å². The average Bonchev–Trinajstić information content (AvgIpc) is 2.87. The zero-order valence-corrected chi connectivity index (χ0v) is 14.2. The number of halogens is 1. The Bertz CT molecular complexity index is 415. The van der Waals surface area contributed by atoms with Gasteiger partial charge in [0.25, 0.3) is 0 Å². The highest BCUT2D eigenvalue weighted by molar-refractivity contribution is 14.0. The molecule has 0 aromatic carbocycles. The molecule has 1 aliphatic rings. The molecule has 1 saturated carbocycles. The first-order valence-corrected chi connectivity index (χ1v) is 6.63. The van der Waals surface area contributed by atoms with E-state index in [0.29, 0.717) is 6.04 Å². The van der Waals surface area contributed by atoms with Crippen LogP contribution >= 0.6 is 24.0 Å². The van der Waals surface area contributed by atoms with Crippen LogP contribution in [-0.2, 0) is 13.5 Å². The molecule has 5 nitrogen and oxygen atoms in total. The Morgan fingerprint density at radius 1 is 1.58 bits per heavy atom. The van der Waals surface area contributed by atoms with Crippen molar-refractivity contribution in [1.29, 1.82) is 0 Å². The van der Waals surface area contributed by atoms with E-state index in [2.05, 4.69) is 33.8 Å². The van der Waals surface area contributed by atoms with Gasteiger partial charge >= 0.3 is 0 Å². The van der Waals surface area contributed by atoms with Gasteiger partial charge in [0.1, 0.15) is 0 Å². The molecule has 1 aliphatic carbocycles. The van der Waals surface area contributed by atoms with E-state index in [1.165, 1.54) is 12.0 Å². The molecule has 2 N–H and O–H groups in total. The minimum atomic E-state index is 0. The summed E-state index contributed by atoms with van der Waals surface area (Å²) in [5, 5.41) is 10.9. The Morgan fingerprint density at radius 2 is 2.32 bits per heavy atom. The number of hydrogen-bond acceptors (Lipinski definition) is 2. The van der Waals surface area contributed by atoms with Gasteiger partial charge in [-0.1, -0.05) is 6.92 Å². The lowest BCUT2D eigenvalue weighted by atomic mass is 10.2. The van der Waals surface area contributed by atoms with E-state index < -0.39 is 0 Å². The molecular weight excluding hydrogens is 353 g/mol. The van der Waals surface area contributed by atoms with Crippen molar-refractivity contribution in [3.63, 3.8) is 0 Å². The molecule has 0 spiro atoms. The predicted molar refractivity (Wildman–Crippen MR) is 89.0 cm³/mol. The van der Waals surface area contributed by atoms with E-state index in [4.69, 9.17) is 0 Å². The molecule has 2 rings (SSSR count). The van der Waals surface area contributed by atoms with Crippen molar-refractivity contribution >= 4 is 29.9 Å². The summed E-state index contributed by atoms with van der Waals surface area (Å²) in [6, 6.07) is 0.620. The molecule has 1 heterocycles. The third-order valence-corrected chi connectivity index (χ3v) is 3.35. The molecule has 0 radical (unpaired) electrons. The third-order valence-electron chi connectivity index (χ3n) is 3.35. The van der Waals surface area contributed by atoms with E-state index >= 15 is 0 Å². The number of hydrogen-bond donors (Lipinski definition) is 2. The Morgan fingerprint density at radius 3 is 2.84 bits per heavy atom. The topological polar surface area (TPSA) is 54.2 Å². The zero-order valence-electron chi connectivity index (χ0n) is 11.9. The third kappa shape index (κ3) is 5.38. The van der Waals surface area contributed by atoms with Crippen LogP contribution in [0.1, 0.15) is 25.3 Å². The summed E-state index contributed by atoms with van der Waals surface area (Å²) >= 11 is 0. The van der Waals surface area contributed by atoms with Gasteiger partial charge in [0.15, 0.2) is 5.96 Å². The van der Waals surface area contributed by atoms with Crippen molar-refractivity contribution < 1.29 is 0 Å². The van der Waals surface area contributed by atoms with Crippen molar-refractivity contribution in [3.8, 4) is 0 Å². The SMILES string of the molecule is CN=C(NCCCc1cnn(C)c1)NC1CC1C.I. The van der Waals surface area contributed by atoms with Crippen LogP contribution in [0.2, 0.25) is 0 Å². The summed E-state index contributed by atoms with van der Waals surface area (Å²) in [4.78, 5) is 4.23. The largest absolute Gasteiger partial charge is 0.356 e. The smallest absolute Gasteiger partial charge is 0.191 e. The molecule has 0 bridgehead atoms. The van der Waals surface area contributed by atoms with Gasteiger partial charge in [-0.2, -0.15) is 5.10 Å². The number of guanidine groups is 1. The predicted octanol–water partition coefficient (Wildman–Crippen LogP) is 1.54.